The second-order valence-corrected chi connectivity index (χ2v) is 7.44. The molecule has 6 rings (SSSR count). The molecule has 122 valence electrons. The molecule has 7 heteroatoms. The molecule has 2 bridgehead atoms. The predicted molar refractivity (Wildman–Crippen MR) is 93.2 cm³/mol. The number of nitrogens with zero attached hydrogens (tertiary/aromatic N) is 5. The third kappa shape index (κ3) is 2.15. The van der Waals surface area contributed by atoms with Crippen molar-refractivity contribution in [3.05, 3.63) is 42.1 Å². The van der Waals surface area contributed by atoms with E-state index in [1.165, 1.54) is 12.5 Å². The summed E-state index contributed by atoms with van der Waals surface area (Å²) < 4.78 is 14.3. The lowest BCUT2D eigenvalue weighted by Crippen LogP contribution is -2.69. The van der Waals surface area contributed by atoms with E-state index in [9.17, 15) is 4.39 Å². The topological polar surface area (TPSA) is 45.2 Å². The summed E-state index contributed by atoms with van der Waals surface area (Å²) in [6.07, 6.45) is 3.00. The molecule has 5 nitrogen and oxygen atoms in total. The molecule has 0 aliphatic carbocycles. The maximum Gasteiger partial charge on any atom is 0.187 e. The summed E-state index contributed by atoms with van der Waals surface area (Å²) in [5, 5.41) is 1.01. The summed E-state index contributed by atoms with van der Waals surface area (Å²) in [6.45, 7) is 3.80. The van der Waals surface area contributed by atoms with Crippen LogP contribution >= 0.6 is 11.3 Å². The number of thiazole rings is 1. The quantitative estimate of drug-likeness (QED) is 0.717. The van der Waals surface area contributed by atoms with Gasteiger partial charge in [-0.3, -0.25) is 0 Å². The van der Waals surface area contributed by atoms with Gasteiger partial charge in [0.25, 0.3) is 0 Å². The smallest absolute Gasteiger partial charge is 0.187 e. The maximum atomic E-state index is 13.4. The zero-order valence-corrected chi connectivity index (χ0v) is 14.0. The Balaban J connectivity index is 1.40. The Morgan fingerprint density at radius 1 is 1.17 bits per heavy atom. The fourth-order valence-electron chi connectivity index (χ4n) is 3.73. The van der Waals surface area contributed by atoms with Gasteiger partial charge in [-0.2, -0.15) is 0 Å². The first-order valence-corrected chi connectivity index (χ1v) is 8.88. The van der Waals surface area contributed by atoms with Gasteiger partial charge in [0.05, 0.1) is 22.3 Å². The number of aryl methyl sites for hydroxylation is 1. The number of aromatic nitrogens is 3. The molecule has 24 heavy (non-hydrogen) atoms. The van der Waals surface area contributed by atoms with Crippen molar-refractivity contribution in [3.63, 3.8) is 0 Å². The number of halogens is 1. The minimum absolute atomic E-state index is 0.202. The molecule has 0 N–H and O–H groups in total. The van der Waals surface area contributed by atoms with E-state index in [0.29, 0.717) is 12.1 Å². The molecule has 5 heterocycles. The highest BCUT2D eigenvalue weighted by atomic mass is 32.1. The monoisotopic (exact) mass is 341 g/mol. The van der Waals surface area contributed by atoms with Crippen molar-refractivity contribution in [2.75, 3.05) is 22.9 Å². The van der Waals surface area contributed by atoms with E-state index >= 15 is 0 Å². The summed E-state index contributed by atoms with van der Waals surface area (Å²) in [7, 11) is 0. The molecule has 2 aromatic heterocycles. The minimum atomic E-state index is -0.202. The van der Waals surface area contributed by atoms with Crippen molar-refractivity contribution in [3.8, 4) is 0 Å². The molecule has 3 aliphatic rings. The van der Waals surface area contributed by atoms with Gasteiger partial charge in [0.2, 0.25) is 0 Å². The third-order valence-corrected chi connectivity index (χ3v) is 5.87. The lowest BCUT2D eigenvalue weighted by molar-refractivity contribution is 0.290. The number of piperazine rings is 1. The number of anilines is 2. The number of rotatable bonds is 2. The zero-order chi connectivity index (χ0) is 16.3. The SMILES string of the molecule is Cc1nccc(N2CC3CC(C2)N3c2nc3ccc(F)cc3s2)n1. The molecule has 3 fully saturated rings. The highest BCUT2D eigenvalue weighted by Gasteiger charge is 2.46. The van der Waals surface area contributed by atoms with Crippen molar-refractivity contribution in [1.82, 2.24) is 15.0 Å². The Kier molecular flexibility index (Phi) is 3.00. The molecule has 0 amide bonds. The largest absolute Gasteiger partial charge is 0.352 e. The molecule has 2 atom stereocenters. The van der Waals surface area contributed by atoms with Gasteiger partial charge in [0.15, 0.2) is 5.13 Å². The van der Waals surface area contributed by atoms with Crippen molar-refractivity contribution >= 4 is 32.5 Å². The van der Waals surface area contributed by atoms with Crippen LogP contribution < -0.4 is 9.80 Å². The van der Waals surface area contributed by atoms with Gasteiger partial charge >= 0.3 is 0 Å². The highest BCUT2D eigenvalue weighted by Crippen LogP contribution is 2.41. The summed E-state index contributed by atoms with van der Waals surface area (Å²) in [5.41, 5.74) is 0.879. The van der Waals surface area contributed by atoms with Gasteiger partial charge in [-0.05, 0) is 37.6 Å². The standard InChI is InChI=1S/C17H16FN5S/c1-10-19-5-4-16(20-10)22-8-12-7-13(9-22)23(12)17-21-14-3-2-11(18)6-15(14)24-17/h2-6,12-13H,7-9H2,1H3. The normalized spacial score (nSPS) is 22.8. The first kappa shape index (κ1) is 14.1. The fourth-order valence-corrected chi connectivity index (χ4v) is 4.86. The van der Waals surface area contributed by atoms with Crippen LogP contribution in [-0.2, 0) is 0 Å². The van der Waals surface area contributed by atoms with Gasteiger partial charge in [-0.15, -0.1) is 0 Å². The van der Waals surface area contributed by atoms with Crippen LogP contribution in [0.4, 0.5) is 15.3 Å². The number of fused-ring (bicyclic) bond motifs is 3. The van der Waals surface area contributed by atoms with E-state index < -0.39 is 0 Å². The van der Waals surface area contributed by atoms with E-state index in [2.05, 4.69) is 19.8 Å². The number of piperidine rings is 1. The van der Waals surface area contributed by atoms with Crippen LogP contribution in [0.2, 0.25) is 0 Å². The van der Waals surface area contributed by atoms with Gasteiger partial charge in [0.1, 0.15) is 17.5 Å². The Bertz CT molecular complexity index is 914. The Morgan fingerprint density at radius 3 is 2.79 bits per heavy atom. The molecule has 0 radical (unpaired) electrons. The van der Waals surface area contributed by atoms with Crippen LogP contribution in [0, 0.1) is 12.7 Å². The number of hydrogen-bond donors (Lipinski definition) is 0. The molecule has 3 aliphatic heterocycles. The first-order chi connectivity index (χ1) is 11.7. The molecular formula is C17H16FN5S. The van der Waals surface area contributed by atoms with E-state index in [1.807, 2.05) is 19.2 Å². The van der Waals surface area contributed by atoms with Crippen molar-refractivity contribution < 1.29 is 4.39 Å². The van der Waals surface area contributed by atoms with Gasteiger partial charge in [-0.1, -0.05) is 11.3 Å². The molecule has 0 saturated carbocycles. The summed E-state index contributed by atoms with van der Waals surface area (Å²) in [6, 6.07) is 7.68. The lowest BCUT2D eigenvalue weighted by atomic mass is 9.88. The van der Waals surface area contributed by atoms with E-state index in [0.717, 1.165) is 40.1 Å². The lowest BCUT2D eigenvalue weighted by Gasteiger charge is -2.56. The van der Waals surface area contributed by atoms with Crippen LogP contribution in [-0.4, -0.2) is 40.1 Å². The van der Waals surface area contributed by atoms with Crippen LogP contribution in [0.1, 0.15) is 12.2 Å². The summed E-state index contributed by atoms with van der Waals surface area (Å²) >= 11 is 1.58. The average molecular weight is 341 g/mol. The molecule has 2 unspecified atom stereocenters. The van der Waals surface area contributed by atoms with Crippen LogP contribution in [0.3, 0.4) is 0 Å². The third-order valence-electron chi connectivity index (χ3n) is 4.84. The number of benzene rings is 1. The number of hydrogen-bond acceptors (Lipinski definition) is 6. The maximum absolute atomic E-state index is 13.4. The van der Waals surface area contributed by atoms with Gasteiger partial charge in [0, 0.05) is 19.3 Å². The van der Waals surface area contributed by atoms with Crippen LogP contribution in [0.25, 0.3) is 10.2 Å². The van der Waals surface area contributed by atoms with Gasteiger partial charge in [-0.25, -0.2) is 19.3 Å². The second-order valence-electron chi connectivity index (χ2n) is 6.43. The minimum Gasteiger partial charge on any atom is -0.352 e. The second kappa shape index (κ2) is 5.11. The molecule has 3 aromatic rings. The van der Waals surface area contributed by atoms with E-state index in [1.54, 1.807) is 23.5 Å². The Hall–Kier alpha value is -2.28. The van der Waals surface area contributed by atoms with E-state index in [4.69, 9.17) is 4.98 Å². The van der Waals surface area contributed by atoms with E-state index in [-0.39, 0.29) is 5.82 Å². The molecule has 1 aromatic carbocycles. The predicted octanol–water partition coefficient (Wildman–Crippen LogP) is 3.00. The Labute approximate surface area is 142 Å². The van der Waals surface area contributed by atoms with Gasteiger partial charge < -0.3 is 9.80 Å². The van der Waals surface area contributed by atoms with Crippen LogP contribution in [0.5, 0.6) is 0 Å². The zero-order valence-electron chi connectivity index (χ0n) is 13.2. The average Bonchev–Trinajstić information content (AvgIpc) is 2.96. The molecule has 3 saturated heterocycles. The highest BCUT2D eigenvalue weighted by molar-refractivity contribution is 7.22. The molecule has 0 spiro atoms. The van der Waals surface area contributed by atoms with Crippen molar-refractivity contribution in [2.24, 2.45) is 0 Å². The molecular weight excluding hydrogens is 325 g/mol. The summed E-state index contributed by atoms with van der Waals surface area (Å²) in [5.74, 6) is 1.60. The fraction of sp³-hybridized carbons (Fsp3) is 0.353. The van der Waals surface area contributed by atoms with Crippen molar-refractivity contribution in [1.29, 1.82) is 0 Å². The van der Waals surface area contributed by atoms with Crippen molar-refractivity contribution in [2.45, 2.75) is 25.4 Å². The van der Waals surface area contributed by atoms with Crippen LogP contribution in [0.15, 0.2) is 30.5 Å². The summed E-state index contributed by atoms with van der Waals surface area (Å²) in [4.78, 5) is 18.1. The first-order valence-electron chi connectivity index (χ1n) is 8.06. The Morgan fingerprint density at radius 2 is 2.00 bits per heavy atom.